The average molecular weight is 212 g/mol. The van der Waals surface area contributed by atoms with Crippen LogP contribution in [0, 0.1) is 5.92 Å². The van der Waals surface area contributed by atoms with E-state index in [4.69, 9.17) is 5.73 Å². The highest BCUT2D eigenvalue weighted by Crippen LogP contribution is 2.26. The lowest BCUT2D eigenvalue weighted by Gasteiger charge is -2.30. The van der Waals surface area contributed by atoms with Crippen LogP contribution in [0.25, 0.3) is 0 Å². The molecule has 1 unspecified atom stereocenters. The third-order valence-corrected chi connectivity index (χ3v) is 3.45. The highest BCUT2D eigenvalue weighted by Gasteiger charge is 2.21. The number of rotatable bonds is 5. The van der Waals surface area contributed by atoms with E-state index >= 15 is 0 Å². The van der Waals surface area contributed by atoms with Crippen LogP contribution in [0.1, 0.15) is 52.4 Å². The van der Waals surface area contributed by atoms with Crippen molar-refractivity contribution in [1.82, 2.24) is 5.32 Å². The van der Waals surface area contributed by atoms with Crippen LogP contribution in [0.4, 0.5) is 0 Å². The molecule has 0 saturated heterocycles. The van der Waals surface area contributed by atoms with E-state index < -0.39 is 0 Å². The number of primary amides is 1. The molecule has 0 radical (unpaired) electrons. The number of carbonyl (C=O) groups excluding carboxylic acids is 1. The molecule has 0 aliphatic heterocycles. The molecule has 1 atom stereocenters. The van der Waals surface area contributed by atoms with Crippen molar-refractivity contribution in [2.75, 3.05) is 0 Å². The minimum atomic E-state index is -0.211. The molecule has 0 aromatic carbocycles. The molecule has 1 aliphatic carbocycles. The van der Waals surface area contributed by atoms with Gasteiger partial charge in [-0.1, -0.05) is 13.3 Å². The third kappa shape index (κ3) is 4.65. The van der Waals surface area contributed by atoms with Gasteiger partial charge in [-0.25, -0.2) is 0 Å². The molecule has 88 valence electrons. The number of carbonyl (C=O) groups is 1. The largest absolute Gasteiger partial charge is 0.370 e. The van der Waals surface area contributed by atoms with Gasteiger partial charge in [0, 0.05) is 18.5 Å². The summed E-state index contributed by atoms with van der Waals surface area (Å²) in [5, 5.41) is 3.49. The van der Waals surface area contributed by atoms with Gasteiger partial charge in [-0.2, -0.15) is 0 Å². The van der Waals surface area contributed by atoms with Crippen molar-refractivity contribution in [3.63, 3.8) is 0 Å². The first kappa shape index (κ1) is 12.5. The van der Waals surface area contributed by atoms with E-state index in [1.165, 1.54) is 32.1 Å². The minimum Gasteiger partial charge on any atom is -0.370 e. The Labute approximate surface area is 92.8 Å². The highest BCUT2D eigenvalue weighted by molar-refractivity contribution is 5.74. The molecule has 1 amide bonds. The molecule has 15 heavy (non-hydrogen) atoms. The van der Waals surface area contributed by atoms with Gasteiger partial charge >= 0.3 is 0 Å². The molecular formula is C12H24N2O. The molecule has 1 saturated carbocycles. The summed E-state index contributed by atoms with van der Waals surface area (Å²) in [5.74, 6) is 0.715. The Bertz CT molecular complexity index is 198. The van der Waals surface area contributed by atoms with Gasteiger partial charge in [0.1, 0.15) is 0 Å². The van der Waals surface area contributed by atoms with Crippen molar-refractivity contribution in [3.8, 4) is 0 Å². The second kappa shape index (κ2) is 6.11. The molecule has 1 aliphatic rings. The molecule has 3 nitrogen and oxygen atoms in total. The zero-order chi connectivity index (χ0) is 11.3. The molecule has 3 N–H and O–H groups in total. The number of amides is 1. The predicted octanol–water partition coefficient (Wildman–Crippen LogP) is 1.81. The molecule has 0 aromatic rings. The molecule has 1 rings (SSSR count). The molecule has 3 heteroatoms. The first-order valence-corrected chi connectivity index (χ1v) is 6.16. The molecular weight excluding hydrogens is 188 g/mol. The minimum absolute atomic E-state index is 0.211. The van der Waals surface area contributed by atoms with Crippen LogP contribution >= 0.6 is 0 Å². The van der Waals surface area contributed by atoms with Crippen molar-refractivity contribution in [3.05, 3.63) is 0 Å². The average Bonchev–Trinajstić information content (AvgIpc) is 2.17. The van der Waals surface area contributed by atoms with E-state index in [0.717, 1.165) is 5.92 Å². The van der Waals surface area contributed by atoms with Gasteiger partial charge in [0.05, 0.1) is 0 Å². The molecule has 0 aromatic heterocycles. The Kier molecular flexibility index (Phi) is 5.09. The first-order chi connectivity index (χ1) is 7.11. The molecule has 1 fully saturated rings. The van der Waals surface area contributed by atoms with Crippen molar-refractivity contribution in [2.24, 2.45) is 11.7 Å². The van der Waals surface area contributed by atoms with Crippen LogP contribution in [0.5, 0.6) is 0 Å². The van der Waals surface area contributed by atoms with Gasteiger partial charge in [0.15, 0.2) is 0 Å². The van der Waals surface area contributed by atoms with Crippen molar-refractivity contribution < 1.29 is 4.79 Å². The van der Waals surface area contributed by atoms with Crippen LogP contribution in [0.15, 0.2) is 0 Å². The fourth-order valence-electron chi connectivity index (χ4n) is 2.50. The summed E-state index contributed by atoms with van der Waals surface area (Å²) in [6.07, 6.45) is 6.93. The van der Waals surface area contributed by atoms with Gasteiger partial charge < -0.3 is 11.1 Å². The van der Waals surface area contributed by atoms with Gasteiger partial charge in [0.2, 0.25) is 5.91 Å². The molecule has 0 spiro atoms. The molecule has 0 bridgehead atoms. The van der Waals surface area contributed by atoms with Crippen LogP contribution < -0.4 is 11.1 Å². The topological polar surface area (TPSA) is 55.1 Å². The van der Waals surface area contributed by atoms with E-state index in [9.17, 15) is 4.79 Å². The molecule has 0 heterocycles. The Morgan fingerprint density at radius 3 is 2.47 bits per heavy atom. The summed E-state index contributed by atoms with van der Waals surface area (Å²) >= 11 is 0. The normalized spacial score (nSPS) is 28.7. The summed E-state index contributed by atoms with van der Waals surface area (Å²) in [4.78, 5) is 10.7. The fourth-order valence-corrected chi connectivity index (χ4v) is 2.50. The van der Waals surface area contributed by atoms with Gasteiger partial charge in [-0.15, -0.1) is 0 Å². The quantitative estimate of drug-likeness (QED) is 0.730. The van der Waals surface area contributed by atoms with Crippen molar-refractivity contribution >= 4 is 5.91 Å². The van der Waals surface area contributed by atoms with Gasteiger partial charge in [-0.3, -0.25) is 4.79 Å². The second-order valence-electron chi connectivity index (χ2n) is 4.86. The van der Waals surface area contributed by atoms with Crippen LogP contribution in [-0.2, 0) is 4.79 Å². The lowest BCUT2D eigenvalue weighted by atomic mass is 9.84. The zero-order valence-corrected chi connectivity index (χ0v) is 9.96. The zero-order valence-electron chi connectivity index (χ0n) is 9.96. The summed E-state index contributed by atoms with van der Waals surface area (Å²) in [7, 11) is 0. The van der Waals surface area contributed by atoms with Crippen LogP contribution in [-0.4, -0.2) is 18.0 Å². The maximum Gasteiger partial charge on any atom is 0.218 e. The van der Waals surface area contributed by atoms with Crippen molar-refractivity contribution in [2.45, 2.75) is 64.5 Å². The van der Waals surface area contributed by atoms with Crippen molar-refractivity contribution in [1.29, 1.82) is 0 Å². The number of hydrogen-bond acceptors (Lipinski definition) is 2. The maximum atomic E-state index is 10.7. The number of hydrogen-bond donors (Lipinski definition) is 2. The number of nitrogens with one attached hydrogen (secondary N) is 1. The van der Waals surface area contributed by atoms with Crippen LogP contribution in [0.2, 0.25) is 0 Å². The maximum absolute atomic E-state index is 10.7. The monoisotopic (exact) mass is 212 g/mol. The van der Waals surface area contributed by atoms with Gasteiger partial charge in [-0.05, 0) is 38.5 Å². The summed E-state index contributed by atoms with van der Waals surface area (Å²) in [6.45, 7) is 4.31. The highest BCUT2D eigenvalue weighted by atomic mass is 16.1. The smallest absolute Gasteiger partial charge is 0.218 e. The van der Waals surface area contributed by atoms with E-state index in [1.807, 2.05) is 6.92 Å². The Morgan fingerprint density at radius 2 is 2.00 bits per heavy atom. The first-order valence-electron chi connectivity index (χ1n) is 6.16. The predicted molar refractivity (Wildman–Crippen MR) is 62.4 cm³/mol. The Morgan fingerprint density at radius 1 is 1.40 bits per heavy atom. The lowest BCUT2D eigenvalue weighted by molar-refractivity contribution is -0.118. The van der Waals surface area contributed by atoms with E-state index in [1.54, 1.807) is 0 Å². The fraction of sp³-hybridized carbons (Fsp3) is 0.917. The third-order valence-electron chi connectivity index (χ3n) is 3.45. The van der Waals surface area contributed by atoms with Crippen LogP contribution in [0.3, 0.4) is 0 Å². The Hall–Kier alpha value is -0.570. The second-order valence-corrected chi connectivity index (χ2v) is 4.86. The summed E-state index contributed by atoms with van der Waals surface area (Å²) < 4.78 is 0. The van der Waals surface area contributed by atoms with E-state index in [0.29, 0.717) is 12.5 Å². The van der Waals surface area contributed by atoms with E-state index in [2.05, 4.69) is 12.2 Å². The SMILES string of the molecule is CCC1CCC(NC(C)CC(N)=O)CC1. The standard InChI is InChI=1S/C12H24N2O/c1-3-10-4-6-11(7-5-10)14-9(2)8-12(13)15/h9-11,14H,3-8H2,1-2H3,(H2,13,15). The lowest BCUT2D eigenvalue weighted by Crippen LogP contribution is -2.40. The Balaban J connectivity index is 2.20. The summed E-state index contributed by atoms with van der Waals surface area (Å²) in [6, 6.07) is 0.827. The van der Waals surface area contributed by atoms with Gasteiger partial charge in [0.25, 0.3) is 0 Å². The van der Waals surface area contributed by atoms with E-state index in [-0.39, 0.29) is 11.9 Å². The summed E-state index contributed by atoms with van der Waals surface area (Å²) in [5.41, 5.74) is 5.16. The number of nitrogens with two attached hydrogens (primary N) is 1.